The lowest BCUT2D eigenvalue weighted by atomic mass is 10.1. The molecule has 0 N–H and O–H groups in total. The first kappa shape index (κ1) is 13.0. The maximum atomic E-state index is 13.0. The number of nitrogens with zero attached hydrogens (tertiary/aromatic N) is 1. The minimum absolute atomic E-state index is 0.219. The number of aromatic nitrogens is 1. The van der Waals surface area contributed by atoms with Gasteiger partial charge in [0, 0.05) is 16.2 Å². The third-order valence-electron chi connectivity index (χ3n) is 2.32. The van der Waals surface area contributed by atoms with E-state index in [1.165, 1.54) is 0 Å². The van der Waals surface area contributed by atoms with Gasteiger partial charge in [-0.3, -0.25) is 0 Å². The Balaban J connectivity index is 2.50. The first-order chi connectivity index (χ1) is 8.38. The number of benzene rings is 1. The van der Waals surface area contributed by atoms with Crippen LogP contribution in [0.25, 0.3) is 11.1 Å². The molecule has 1 nitrogen and oxygen atoms in total. The summed E-state index contributed by atoms with van der Waals surface area (Å²) < 4.78 is 51.4. The van der Waals surface area contributed by atoms with Crippen LogP contribution in [0.2, 0.25) is 0 Å². The maximum absolute atomic E-state index is 13.0. The highest BCUT2D eigenvalue weighted by atomic mass is 79.9. The fraction of sp³-hybridized carbons (Fsp3) is 0.0833. The number of pyridine rings is 1. The summed E-state index contributed by atoms with van der Waals surface area (Å²) in [6, 6.07) is 7.38. The Kier molecular flexibility index (Phi) is 3.38. The van der Waals surface area contributed by atoms with Crippen molar-refractivity contribution in [1.82, 2.24) is 4.98 Å². The molecule has 0 amide bonds. The van der Waals surface area contributed by atoms with Crippen molar-refractivity contribution in [1.29, 1.82) is 0 Å². The molecule has 0 spiro atoms. The summed E-state index contributed by atoms with van der Waals surface area (Å²) in [7, 11) is 0. The van der Waals surface area contributed by atoms with E-state index in [-0.39, 0.29) is 5.56 Å². The molecule has 0 bridgehead atoms. The largest absolute Gasteiger partial charge is 0.420 e. The molecule has 94 valence electrons. The molecule has 18 heavy (non-hydrogen) atoms. The molecule has 2 aromatic rings. The van der Waals surface area contributed by atoms with Crippen LogP contribution in [0.4, 0.5) is 17.6 Å². The van der Waals surface area contributed by atoms with Gasteiger partial charge in [0.25, 0.3) is 0 Å². The molecule has 0 aliphatic carbocycles. The quantitative estimate of drug-likeness (QED) is 0.550. The van der Waals surface area contributed by atoms with Crippen LogP contribution in [0.3, 0.4) is 0 Å². The molecule has 0 fully saturated rings. The van der Waals surface area contributed by atoms with Crippen molar-refractivity contribution < 1.29 is 17.6 Å². The fourth-order valence-electron chi connectivity index (χ4n) is 1.45. The van der Waals surface area contributed by atoms with E-state index in [0.717, 1.165) is 16.7 Å². The molecule has 1 aromatic carbocycles. The number of halogens is 5. The lowest BCUT2D eigenvalue weighted by molar-refractivity contribution is -0.140. The van der Waals surface area contributed by atoms with Gasteiger partial charge in [0.05, 0.1) is 0 Å². The van der Waals surface area contributed by atoms with Crippen LogP contribution in [-0.2, 0) is 6.18 Å². The van der Waals surface area contributed by atoms with E-state index in [4.69, 9.17) is 0 Å². The van der Waals surface area contributed by atoms with Crippen molar-refractivity contribution in [2.75, 3.05) is 0 Å². The highest BCUT2D eigenvalue weighted by molar-refractivity contribution is 9.10. The standard InChI is InChI=1S/C12H6BrF4N/c13-9-3-1-7(2-4-9)8-5-10(12(15,16)17)11(14)18-6-8/h1-6H. The molecule has 0 aliphatic rings. The molecular formula is C12H6BrF4N. The van der Waals surface area contributed by atoms with Gasteiger partial charge in [-0.1, -0.05) is 28.1 Å². The molecule has 6 heteroatoms. The smallest absolute Gasteiger partial charge is 0.227 e. The van der Waals surface area contributed by atoms with Crippen LogP contribution in [0, 0.1) is 5.95 Å². The molecular weight excluding hydrogens is 314 g/mol. The zero-order valence-corrected chi connectivity index (χ0v) is 10.4. The first-order valence-corrected chi connectivity index (χ1v) is 5.66. The van der Waals surface area contributed by atoms with Crippen LogP contribution < -0.4 is 0 Å². The summed E-state index contributed by atoms with van der Waals surface area (Å²) in [6.45, 7) is 0. The Morgan fingerprint density at radius 3 is 2.17 bits per heavy atom. The first-order valence-electron chi connectivity index (χ1n) is 4.86. The van der Waals surface area contributed by atoms with Gasteiger partial charge in [-0.15, -0.1) is 0 Å². The topological polar surface area (TPSA) is 12.9 Å². The van der Waals surface area contributed by atoms with Crippen molar-refractivity contribution in [2.45, 2.75) is 6.18 Å². The van der Waals surface area contributed by atoms with Gasteiger partial charge in [-0.2, -0.15) is 17.6 Å². The van der Waals surface area contributed by atoms with Crippen LogP contribution in [-0.4, -0.2) is 4.98 Å². The van der Waals surface area contributed by atoms with E-state index in [0.29, 0.717) is 5.56 Å². The summed E-state index contributed by atoms with van der Waals surface area (Å²) >= 11 is 3.22. The molecule has 0 saturated heterocycles. The summed E-state index contributed by atoms with van der Waals surface area (Å²) in [6.07, 6.45) is -3.67. The Labute approximate surface area is 109 Å². The lowest BCUT2D eigenvalue weighted by Crippen LogP contribution is -2.09. The summed E-state index contributed by atoms with van der Waals surface area (Å²) in [5.74, 6) is -1.51. The average molecular weight is 320 g/mol. The zero-order chi connectivity index (χ0) is 13.3. The predicted octanol–water partition coefficient (Wildman–Crippen LogP) is 4.67. The normalized spacial score (nSPS) is 11.6. The molecule has 1 aromatic heterocycles. The third kappa shape index (κ3) is 2.69. The van der Waals surface area contributed by atoms with E-state index < -0.39 is 17.7 Å². The van der Waals surface area contributed by atoms with Gasteiger partial charge in [0.2, 0.25) is 5.95 Å². The second-order valence-electron chi connectivity index (χ2n) is 3.57. The Morgan fingerprint density at radius 2 is 1.61 bits per heavy atom. The van der Waals surface area contributed by atoms with E-state index in [1.54, 1.807) is 24.3 Å². The Bertz CT molecular complexity index is 563. The second kappa shape index (κ2) is 4.68. The average Bonchev–Trinajstić information content (AvgIpc) is 2.29. The van der Waals surface area contributed by atoms with Crippen LogP contribution >= 0.6 is 15.9 Å². The van der Waals surface area contributed by atoms with Crippen LogP contribution in [0.5, 0.6) is 0 Å². The molecule has 0 saturated carbocycles. The Morgan fingerprint density at radius 1 is 1.00 bits per heavy atom. The third-order valence-corrected chi connectivity index (χ3v) is 2.85. The lowest BCUT2D eigenvalue weighted by Gasteiger charge is -2.09. The van der Waals surface area contributed by atoms with Crippen LogP contribution in [0.1, 0.15) is 5.56 Å². The van der Waals surface area contributed by atoms with E-state index >= 15 is 0 Å². The van der Waals surface area contributed by atoms with Crippen molar-refractivity contribution in [3.63, 3.8) is 0 Å². The summed E-state index contributed by atoms with van der Waals surface area (Å²) in [4.78, 5) is 3.15. The van der Waals surface area contributed by atoms with Crippen molar-refractivity contribution in [3.8, 4) is 11.1 Å². The van der Waals surface area contributed by atoms with Gasteiger partial charge < -0.3 is 0 Å². The van der Waals surface area contributed by atoms with Gasteiger partial charge in [0.15, 0.2) is 0 Å². The molecule has 2 rings (SSSR count). The Hall–Kier alpha value is -1.43. The van der Waals surface area contributed by atoms with Crippen molar-refractivity contribution >= 4 is 15.9 Å². The van der Waals surface area contributed by atoms with E-state index in [1.807, 2.05) is 0 Å². The maximum Gasteiger partial charge on any atom is 0.420 e. The fourth-order valence-corrected chi connectivity index (χ4v) is 1.71. The molecule has 0 unspecified atom stereocenters. The van der Waals surface area contributed by atoms with E-state index in [9.17, 15) is 17.6 Å². The van der Waals surface area contributed by atoms with Gasteiger partial charge in [0.1, 0.15) is 5.56 Å². The number of hydrogen-bond acceptors (Lipinski definition) is 1. The van der Waals surface area contributed by atoms with Gasteiger partial charge in [-0.05, 0) is 23.8 Å². The second-order valence-corrected chi connectivity index (χ2v) is 4.48. The SMILES string of the molecule is Fc1ncc(-c2ccc(Br)cc2)cc1C(F)(F)F. The summed E-state index contributed by atoms with van der Waals surface area (Å²) in [5.41, 5.74) is -0.602. The minimum atomic E-state index is -4.75. The van der Waals surface area contributed by atoms with Crippen LogP contribution in [0.15, 0.2) is 41.0 Å². The van der Waals surface area contributed by atoms with Crippen molar-refractivity contribution in [2.24, 2.45) is 0 Å². The van der Waals surface area contributed by atoms with E-state index in [2.05, 4.69) is 20.9 Å². The highest BCUT2D eigenvalue weighted by Gasteiger charge is 2.35. The summed E-state index contributed by atoms with van der Waals surface area (Å²) in [5, 5.41) is 0. The number of rotatable bonds is 1. The molecule has 0 aliphatic heterocycles. The van der Waals surface area contributed by atoms with Gasteiger partial charge in [-0.25, -0.2) is 4.98 Å². The van der Waals surface area contributed by atoms with Crippen molar-refractivity contribution in [3.05, 3.63) is 52.5 Å². The number of hydrogen-bond donors (Lipinski definition) is 0. The van der Waals surface area contributed by atoms with Gasteiger partial charge >= 0.3 is 6.18 Å². The molecule has 0 radical (unpaired) electrons. The molecule has 0 atom stereocenters. The predicted molar refractivity (Wildman–Crippen MR) is 62.3 cm³/mol. The monoisotopic (exact) mass is 319 g/mol. The molecule has 1 heterocycles. The zero-order valence-electron chi connectivity index (χ0n) is 8.80. The number of alkyl halides is 3. The minimum Gasteiger partial charge on any atom is -0.227 e. The highest BCUT2D eigenvalue weighted by Crippen LogP contribution is 2.33.